The van der Waals surface area contributed by atoms with Crippen LogP contribution in [-0.4, -0.2) is 31.9 Å². The third-order valence-corrected chi connectivity index (χ3v) is 4.15. The standard InChI is InChI=1S/C21H32O5/c1-4-5-6-7-8-9-10-11-14-26-21-18(24-2)15-17(12-13-20(22)23)16-19(21)25-3/h12-13,15-16H,4-11,14H2,1-3H3,(H,22,23)/b13-12+. The predicted octanol–water partition coefficient (Wildman–Crippen LogP) is 5.32. The maximum absolute atomic E-state index is 10.7. The Morgan fingerprint density at radius 3 is 2.00 bits per heavy atom. The van der Waals surface area contributed by atoms with Crippen LogP contribution in [0.15, 0.2) is 18.2 Å². The monoisotopic (exact) mass is 364 g/mol. The van der Waals surface area contributed by atoms with Crippen LogP contribution in [0.4, 0.5) is 0 Å². The van der Waals surface area contributed by atoms with Crippen LogP contribution in [-0.2, 0) is 4.79 Å². The summed E-state index contributed by atoms with van der Waals surface area (Å²) in [5.41, 5.74) is 0.681. The summed E-state index contributed by atoms with van der Waals surface area (Å²) in [6.07, 6.45) is 12.5. The minimum absolute atomic E-state index is 0.536. The van der Waals surface area contributed by atoms with Gasteiger partial charge in [-0.25, -0.2) is 4.79 Å². The molecule has 0 amide bonds. The molecule has 0 saturated carbocycles. The van der Waals surface area contributed by atoms with Crippen molar-refractivity contribution in [3.63, 3.8) is 0 Å². The van der Waals surface area contributed by atoms with E-state index in [0.717, 1.165) is 18.9 Å². The number of carbonyl (C=O) groups is 1. The smallest absolute Gasteiger partial charge is 0.328 e. The van der Waals surface area contributed by atoms with Crippen molar-refractivity contribution in [3.05, 3.63) is 23.8 Å². The van der Waals surface area contributed by atoms with E-state index < -0.39 is 5.97 Å². The number of hydrogen-bond donors (Lipinski definition) is 1. The lowest BCUT2D eigenvalue weighted by molar-refractivity contribution is -0.131. The zero-order valence-corrected chi connectivity index (χ0v) is 16.3. The Labute approximate surface area is 157 Å². The minimum Gasteiger partial charge on any atom is -0.493 e. The summed E-state index contributed by atoms with van der Waals surface area (Å²) in [6.45, 7) is 2.83. The second-order valence-electron chi connectivity index (χ2n) is 6.25. The third kappa shape index (κ3) is 8.28. The molecule has 0 aliphatic rings. The number of carboxylic acid groups (broad SMARTS) is 1. The van der Waals surface area contributed by atoms with Gasteiger partial charge >= 0.3 is 5.97 Å². The molecule has 0 atom stereocenters. The molecule has 0 fully saturated rings. The van der Waals surface area contributed by atoms with Crippen molar-refractivity contribution in [1.29, 1.82) is 0 Å². The second kappa shape index (κ2) is 13.1. The van der Waals surface area contributed by atoms with Crippen molar-refractivity contribution >= 4 is 12.0 Å². The maximum Gasteiger partial charge on any atom is 0.328 e. The highest BCUT2D eigenvalue weighted by Gasteiger charge is 2.13. The normalized spacial score (nSPS) is 10.9. The Hall–Kier alpha value is -2.17. The molecule has 1 N–H and O–H groups in total. The summed E-state index contributed by atoms with van der Waals surface area (Å²) < 4.78 is 16.6. The van der Waals surface area contributed by atoms with E-state index in [-0.39, 0.29) is 0 Å². The maximum atomic E-state index is 10.7. The number of methoxy groups -OCH3 is 2. The highest BCUT2D eigenvalue weighted by molar-refractivity contribution is 5.85. The van der Waals surface area contributed by atoms with Gasteiger partial charge in [-0.15, -0.1) is 0 Å². The molecule has 26 heavy (non-hydrogen) atoms. The van der Waals surface area contributed by atoms with Crippen LogP contribution >= 0.6 is 0 Å². The Balaban J connectivity index is 2.53. The Morgan fingerprint density at radius 2 is 1.50 bits per heavy atom. The van der Waals surface area contributed by atoms with E-state index in [1.54, 1.807) is 26.4 Å². The predicted molar refractivity (Wildman–Crippen MR) is 104 cm³/mol. The van der Waals surface area contributed by atoms with Gasteiger partial charge in [0.15, 0.2) is 11.5 Å². The lowest BCUT2D eigenvalue weighted by atomic mass is 10.1. The fourth-order valence-electron chi connectivity index (χ4n) is 2.72. The van der Waals surface area contributed by atoms with Crippen molar-refractivity contribution in [2.75, 3.05) is 20.8 Å². The van der Waals surface area contributed by atoms with Crippen molar-refractivity contribution in [1.82, 2.24) is 0 Å². The van der Waals surface area contributed by atoms with E-state index in [2.05, 4.69) is 6.92 Å². The van der Waals surface area contributed by atoms with Gasteiger partial charge in [0, 0.05) is 6.08 Å². The fraction of sp³-hybridized carbons (Fsp3) is 0.571. The van der Waals surface area contributed by atoms with E-state index in [1.807, 2.05) is 0 Å². The van der Waals surface area contributed by atoms with Crippen LogP contribution in [0.2, 0.25) is 0 Å². The highest BCUT2D eigenvalue weighted by atomic mass is 16.5. The molecular weight excluding hydrogens is 332 g/mol. The van der Waals surface area contributed by atoms with Crippen LogP contribution in [0.3, 0.4) is 0 Å². The Bertz CT molecular complexity index is 541. The van der Waals surface area contributed by atoms with Crippen LogP contribution in [0.25, 0.3) is 6.08 Å². The Morgan fingerprint density at radius 1 is 0.962 bits per heavy atom. The minimum atomic E-state index is -1.00. The number of hydrogen-bond acceptors (Lipinski definition) is 4. The zero-order chi connectivity index (χ0) is 19.2. The van der Waals surface area contributed by atoms with Crippen LogP contribution < -0.4 is 14.2 Å². The van der Waals surface area contributed by atoms with Gasteiger partial charge in [-0.05, 0) is 30.2 Å². The van der Waals surface area contributed by atoms with Crippen molar-refractivity contribution in [2.45, 2.75) is 58.3 Å². The molecular formula is C21H32O5. The summed E-state index contributed by atoms with van der Waals surface area (Å²) in [5, 5.41) is 8.76. The second-order valence-corrected chi connectivity index (χ2v) is 6.25. The molecule has 1 aromatic rings. The molecule has 0 saturated heterocycles. The number of unbranched alkanes of at least 4 members (excludes halogenated alkanes) is 7. The van der Waals surface area contributed by atoms with Gasteiger partial charge in [0.1, 0.15) is 0 Å². The van der Waals surface area contributed by atoms with Crippen molar-refractivity contribution in [3.8, 4) is 17.2 Å². The van der Waals surface area contributed by atoms with E-state index in [1.165, 1.54) is 44.6 Å². The SMILES string of the molecule is CCCCCCCCCCOc1c(OC)cc(/C=C/C(=O)O)cc1OC. The topological polar surface area (TPSA) is 65.0 Å². The number of ether oxygens (including phenoxy) is 3. The van der Waals surface area contributed by atoms with Crippen LogP contribution in [0, 0.1) is 0 Å². The summed E-state index contributed by atoms with van der Waals surface area (Å²) >= 11 is 0. The molecule has 146 valence electrons. The molecule has 0 aliphatic heterocycles. The molecule has 1 rings (SSSR count). The summed E-state index contributed by atoms with van der Waals surface area (Å²) in [7, 11) is 3.12. The molecule has 0 aromatic heterocycles. The fourth-order valence-corrected chi connectivity index (χ4v) is 2.72. The molecule has 0 aliphatic carbocycles. The van der Waals surface area contributed by atoms with Crippen molar-refractivity contribution < 1.29 is 24.1 Å². The molecule has 0 bridgehead atoms. The first-order valence-electron chi connectivity index (χ1n) is 9.42. The summed E-state index contributed by atoms with van der Waals surface area (Å²) in [5.74, 6) is 0.631. The first-order chi connectivity index (χ1) is 12.6. The number of aliphatic carboxylic acids is 1. The van der Waals surface area contributed by atoms with Gasteiger partial charge < -0.3 is 19.3 Å². The first kappa shape index (κ1) is 21.9. The quantitative estimate of drug-likeness (QED) is 0.357. The van der Waals surface area contributed by atoms with Crippen molar-refractivity contribution in [2.24, 2.45) is 0 Å². The zero-order valence-electron chi connectivity index (χ0n) is 16.3. The van der Waals surface area contributed by atoms with E-state index >= 15 is 0 Å². The van der Waals surface area contributed by atoms with Gasteiger partial charge in [0.25, 0.3) is 0 Å². The van der Waals surface area contributed by atoms with E-state index in [0.29, 0.717) is 29.4 Å². The highest BCUT2D eigenvalue weighted by Crippen LogP contribution is 2.39. The average molecular weight is 364 g/mol. The number of rotatable bonds is 14. The number of carboxylic acids is 1. The lowest BCUT2D eigenvalue weighted by Gasteiger charge is -2.15. The lowest BCUT2D eigenvalue weighted by Crippen LogP contribution is -2.02. The van der Waals surface area contributed by atoms with E-state index in [4.69, 9.17) is 19.3 Å². The summed E-state index contributed by atoms with van der Waals surface area (Å²) in [6, 6.07) is 3.48. The molecule has 0 spiro atoms. The van der Waals surface area contributed by atoms with Gasteiger partial charge in [0.05, 0.1) is 20.8 Å². The molecule has 5 heteroatoms. The molecule has 5 nitrogen and oxygen atoms in total. The third-order valence-electron chi connectivity index (χ3n) is 4.15. The van der Waals surface area contributed by atoms with Gasteiger partial charge in [-0.3, -0.25) is 0 Å². The Kier molecular flexibility index (Phi) is 11.0. The number of benzene rings is 1. The van der Waals surface area contributed by atoms with E-state index in [9.17, 15) is 4.79 Å². The van der Waals surface area contributed by atoms with Gasteiger partial charge in [0.2, 0.25) is 5.75 Å². The summed E-state index contributed by atoms with van der Waals surface area (Å²) in [4.78, 5) is 10.7. The van der Waals surface area contributed by atoms with Crippen LogP contribution in [0.5, 0.6) is 17.2 Å². The van der Waals surface area contributed by atoms with Gasteiger partial charge in [-0.1, -0.05) is 51.9 Å². The largest absolute Gasteiger partial charge is 0.493 e. The first-order valence-corrected chi connectivity index (χ1v) is 9.42. The average Bonchev–Trinajstić information content (AvgIpc) is 2.64. The molecule has 0 radical (unpaired) electrons. The molecule has 0 heterocycles. The molecule has 1 aromatic carbocycles. The van der Waals surface area contributed by atoms with Crippen LogP contribution in [0.1, 0.15) is 63.9 Å². The van der Waals surface area contributed by atoms with Gasteiger partial charge in [-0.2, -0.15) is 0 Å². The molecule has 0 unspecified atom stereocenters.